The summed E-state index contributed by atoms with van der Waals surface area (Å²) in [6.07, 6.45) is 1.53. The van der Waals surface area contributed by atoms with Crippen LogP contribution >= 0.6 is 11.8 Å². The van der Waals surface area contributed by atoms with E-state index in [0.29, 0.717) is 16.2 Å². The summed E-state index contributed by atoms with van der Waals surface area (Å²) < 4.78 is 0. The van der Waals surface area contributed by atoms with Crippen molar-refractivity contribution in [2.45, 2.75) is 12.3 Å². The van der Waals surface area contributed by atoms with Gasteiger partial charge in [0.25, 0.3) is 0 Å². The molecular weight excluding hydrogens is 272 g/mol. The third-order valence-electron chi connectivity index (χ3n) is 3.34. The monoisotopic (exact) mass is 286 g/mol. The van der Waals surface area contributed by atoms with Crippen molar-refractivity contribution in [3.05, 3.63) is 63.7 Å². The minimum atomic E-state index is -0.214. The Morgan fingerprint density at radius 3 is 2.75 bits per heavy atom. The van der Waals surface area contributed by atoms with Gasteiger partial charge in [0.1, 0.15) is 11.1 Å². The number of thioether (sulfide) groups is 1. The van der Waals surface area contributed by atoms with Crippen molar-refractivity contribution in [3.8, 4) is 0 Å². The van der Waals surface area contributed by atoms with Crippen LogP contribution in [0, 0.1) is 0 Å². The Balaban J connectivity index is 2.08. The van der Waals surface area contributed by atoms with Crippen LogP contribution in [0.2, 0.25) is 0 Å². The maximum absolute atomic E-state index is 11.5. The molecule has 0 saturated heterocycles. The van der Waals surface area contributed by atoms with Gasteiger partial charge in [0, 0.05) is 17.2 Å². The summed E-state index contributed by atoms with van der Waals surface area (Å²) in [5.74, 6) is 0.0223. The number of aliphatic hydroxyl groups is 1. The Bertz CT molecular complexity index is 674. The summed E-state index contributed by atoms with van der Waals surface area (Å²) >= 11 is 1.37. The van der Waals surface area contributed by atoms with Gasteiger partial charge < -0.3 is 16.2 Å². The van der Waals surface area contributed by atoms with Crippen LogP contribution in [0.5, 0.6) is 0 Å². The zero-order valence-electron chi connectivity index (χ0n) is 10.9. The van der Waals surface area contributed by atoms with Gasteiger partial charge in [-0.05, 0) is 12.5 Å². The van der Waals surface area contributed by atoms with Crippen molar-refractivity contribution >= 4 is 23.4 Å². The van der Waals surface area contributed by atoms with Crippen LogP contribution in [0.4, 0.5) is 0 Å². The van der Waals surface area contributed by atoms with E-state index in [2.05, 4.69) is 5.32 Å². The van der Waals surface area contributed by atoms with Gasteiger partial charge in [0.2, 0.25) is 5.91 Å². The Morgan fingerprint density at radius 1 is 1.35 bits per heavy atom. The molecule has 0 aliphatic carbocycles. The molecule has 1 unspecified atom stereocenters. The summed E-state index contributed by atoms with van der Waals surface area (Å²) in [7, 11) is 0. The third kappa shape index (κ3) is 2.00. The molecule has 4 nitrogen and oxygen atoms in total. The van der Waals surface area contributed by atoms with E-state index >= 15 is 0 Å². The Morgan fingerprint density at radius 2 is 2.05 bits per heavy atom. The average molecular weight is 286 g/mol. The minimum absolute atomic E-state index is 0.128. The minimum Gasteiger partial charge on any atom is -0.506 e. The quantitative estimate of drug-likeness (QED) is 0.692. The number of hydrogen-bond acceptors (Lipinski definition) is 4. The zero-order valence-corrected chi connectivity index (χ0v) is 11.7. The van der Waals surface area contributed by atoms with E-state index < -0.39 is 0 Å². The Kier molecular flexibility index (Phi) is 3.06. The smallest absolute Gasteiger partial charge is 0.245 e. The number of aliphatic hydroxyl groups excluding tert-OH is 1. The molecule has 20 heavy (non-hydrogen) atoms. The molecule has 0 spiro atoms. The number of benzene rings is 1. The number of nitrogens with one attached hydrogen (secondary N) is 1. The van der Waals surface area contributed by atoms with Crippen LogP contribution in [0.25, 0.3) is 5.76 Å². The van der Waals surface area contributed by atoms with Gasteiger partial charge in [-0.1, -0.05) is 42.1 Å². The summed E-state index contributed by atoms with van der Waals surface area (Å²) in [5.41, 5.74) is 9.14. The van der Waals surface area contributed by atoms with Gasteiger partial charge in [-0.3, -0.25) is 4.79 Å². The van der Waals surface area contributed by atoms with E-state index in [-0.39, 0.29) is 17.0 Å². The highest BCUT2D eigenvalue weighted by atomic mass is 32.2. The van der Waals surface area contributed by atoms with Crippen LogP contribution in [-0.4, -0.2) is 16.4 Å². The summed E-state index contributed by atoms with van der Waals surface area (Å²) in [6, 6.07) is 9.25. The normalized spacial score (nSPS) is 24.1. The standard InChI is InChI=1S/C15H14N2O2S/c1-8-7-10(18)17-15-11(8)12(16)14(20-15)13(19)9-5-3-2-4-6-9/h2-7,15,19H,16H2,1H3,(H,17,18)/b14-13-. The lowest BCUT2D eigenvalue weighted by Crippen LogP contribution is -2.35. The van der Waals surface area contributed by atoms with Crippen LogP contribution < -0.4 is 11.1 Å². The second kappa shape index (κ2) is 4.76. The van der Waals surface area contributed by atoms with Gasteiger partial charge in [-0.25, -0.2) is 0 Å². The van der Waals surface area contributed by atoms with Gasteiger partial charge >= 0.3 is 0 Å². The molecular formula is C15H14N2O2S. The molecule has 0 aromatic heterocycles. The number of carbonyl (C=O) groups excluding carboxylic acids is 1. The summed E-state index contributed by atoms with van der Waals surface area (Å²) in [5, 5.41) is 13.0. The highest BCUT2D eigenvalue weighted by Crippen LogP contribution is 2.45. The Hall–Kier alpha value is -2.14. The molecule has 0 saturated carbocycles. The fraction of sp³-hybridized carbons (Fsp3) is 0.133. The van der Waals surface area contributed by atoms with E-state index in [1.54, 1.807) is 0 Å². The molecule has 0 radical (unpaired) electrons. The van der Waals surface area contributed by atoms with E-state index in [1.165, 1.54) is 17.8 Å². The highest BCUT2D eigenvalue weighted by Gasteiger charge is 2.35. The lowest BCUT2D eigenvalue weighted by Gasteiger charge is -2.20. The first-order valence-electron chi connectivity index (χ1n) is 6.22. The first kappa shape index (κ1) is 12.9. The number of amides is 1. The largest absolute Gasteiger partial charge is 0.506 e. The second-order valence-corrected chi connectivity index (χ2v) is 5.82. The zero-order chi connectivity index (χ0) is 14.3. The molecule has 0 fully saturated rings. The van der Waals surface area contributed by atoms with Crippen LogP contribution in [0.1, 0.15) is 12.5 Å². The fourth-order valence-electron chi connectivity index (χ4n) is 2.38. The molecule has 1 atom stereocenters. The Labute approximate surface area is 121 Å². The van der Waals surface area contributed by atoms with Crippen molar-refractivity contribution < 1.29 is 9.90 Å². The lowest BCUT2D eigenvalue weighted by atomic mass is 10.0. The number of carbonyl (C=O) groups is 1. The van der Waals surface area contributed by atoms with Crippen molar-refractivity contribution in [3.63, 3.8) is 0 Å². The molecule has 4 N–H and O–H groups in total. The highest BCUT2D eigenvalue weighted by molar-refractivity contribution is 8.04. The van der Waals surface area contributed by atoms with E-state index in [0.717, 1.165) is 11.1 Å². The molecule has 0 bridgehead atoms. The molecule has 5 heteroatoms. The second-order valence-electron chi connectivity index (χ2n) is 4.70. The van der Waals surface area contributed by atoms with E-state index in [4.69, 9.17) is 5.73 Å². The SMILES string of the molecule is CC1=CC(=O)NC2S/C(=C(\O)c3ccccc3)C(N)=C12. The van der Waals surface area contributed by atoms with Gasteiger partial charge in [-0.15, -0.1) is 0 Å². The predicted octanol–water partition coefficient (Wildman–Crippen LogP) is 2.28. The number of rotatable bonds is 1. The molecule has 2 aliphatic heterocycles. The van der Waals surface area contributed by atoms with Gasteiger partial charge in [0.05, 0.1) is 10.6 Å². The van der Waals surface area contributed by atoms with Crippen molar-refractivity contribution in [2.24, 2.45) is 5.73 Å². The van der Waals surface area contributed by atoms with Crippen LogP contribution in [0.15, 0.2) is 58.2 Å². The topological polar surface area (TPSA) is 75.3 Å². The lowest BCUT2D eigenvalue weighted by molar-refractivity contribution is -0.116. The summed E-state index contributed by atoms with van der Waals surface area (Å²) in [4.78, 5) is 12.1. The molecule has 1 amide bonds. The molecule has 2 aliphatic rings. The van der Waals surface area contributed by atoms with Crippen LogP contribution in [-0.2, 0) is 4.79 Å². The fourth-order valence-corrected chi connectivity index (χ4v) is 3.69. The van der Waals surface area contributed by atoms with E-state index in [1.807, 2.05) is 37.3 Å². The van der Waals surface area contributed by atoms with Crippen molar-refractivity contribution in [2.75, 3.05) is 0 Å². The third-order valence-corrected chi connectivity index (χ3v) is 4.58. The van der Waals surface area contributed by atoms with Crippen molar-refractivity contribution in [1.82, 2.24) is 5.32 Å². The molecule has 3 rings (SSSR count). The number of fused-ring (bicyclic) bond motifs is 1. The predicted molar refractivity (Wildman–Crippen MR) is 80.5 cm³/mol. The average Bonchev–Trinajstić information content (AvgIpc) is 2.76. The molecule has 102 valence electrons. The molecule has 1 aromatic carbocycles. The molecule has 1 aromatic rings. The first-order chi connectivity index (χ1) is 9.58. The number of hydrogen-bond donors (Lipinski definition) is 3. The maximum atomic E-state index is 11.5. The van der Waals surface area contributed by atoms with E-state index in [9.17, 15) is 9.90 Å². The maximum Gasteiger partial charge on any atom is 0.245 e. The molecule has 2 heterocycles. The van der Waals surface area contributed by atoms with Crippen LogP contribution in [0.3, 0.4) is 0 Å². The van der Waals surface area contributed by atoms with Gasteiger partial charge in [-0.2, -0.15) is 0 Å². The number of nitrogens with two attached hydrogens (primary N) is 1. The first-order valence-corrected chi connectivity index (χ1v) is 7.10. The van der Waals surface area contributed by atoms with Crippen molar-refractivity contribution in [1.29, 1.82) is 0 Å². The summed E-state index contributed by atoms with van der Waals surface area (Å²) in [6.45, 7) is 1.86. The van der Waals surface area contributed by atoms with Gasteiger partial charge in [0.15, 0.2) is 0 Å².